The zero-order valence-corrected chi connectivity index (χ0v) is 10.4. The quantitative estimate of drug-likeness (QED) is 0.826. The number of nitrogens with one attached hydrogen (secondary N) is 1. The van der Waals surface area contributed by atoms with Crippen molar-refractivity contribution in [3.8, 4) is 0 Å². The van der Waals surface area contributed by atoms with Gasteiger partial charge in [-0.15, -0.1) is 0 Å². The van der Waals surface area contributed by atoms with E-state index in [9.17, 15) is 4.79 Å². The average Bonchev–Trinajstić information content (AvgIpc) is 2.28. The van der Waals surface area contributed by atoms with E-state index in [1.54, 1.807) is 0 Å². The predicted octanol–water partition coefficient (Wildman–Crippen LogP) is 2.77. The molecular weight excluding hydrogens is 214 g/mol. The SMILES string of the molecule is CCNC(C)c1ccc2c(C)cc(=O)oc2c1. The summed E-state index contributed by atoms with van der Waals surface area (Å²) in [5, 5.41) is 4.33. The van der Waals surface area contributed by atoms with Crippen molar-refractivity contribution in [2.45, 2.75) is 26.8 Å². The molecule has 1 atom stereocenters. The predicted molar refractivity (Wildman–Crippen MR) is 69.3 cm³/mol. The summed E-state index contributed by atoms with van der Waals surface area (Å²) in [6, 6.07) is 7.81. The molecule has 0 amide bonds. The van der Waals surface area contributed by atoms with Crippen molar-refractivity contribution in [2.75, 3.05) is 6.54 Å². The second kappa shape index (κ2) is 4.72. The van der Waals surface area contributed by atoms with Crippen molar-refractivity contribution >= 4 is 11.0 Å². The van der Waals surface area contributed by atoms with Crippen molar-refractivity contribution in [3.63, 3.8) is 0 Å². The Balaban J connectivity index is 2.53. The summed E-state index contributed by atoms with van der Waals surface area (Å²) in [5.41, 5.74) is 2.47. The zero-order chi connectivity index (χ0) is 12.4. The molecule has 1 unspecified atom stereocenters. The van der Waals surface area contributed by atoms with Gasteiger partial charge in [0.2, 0.25) is 0 Å². The Kier molecular flexibility index (Phi) is 3.29. The summed E-state index contributed by atoms with van der Waals surface area (Å²) in [4.78, 5) is 11.3. The van der Waals surface area contributed by atoms with Gasteiger partial charge >= 0.3 is 5.63 Å². The van der Waals surface area contributed by atoms with E-state index in [1.807, 2.05) is 19.1 Å². The largest absolute Gasteiger partial charge is 0.423 e. The summed E-state index contributed by atoms with van der Waals surface area (Å²) < 4.78 is 5.23. The highest BCUT2D eigenvalue weighted by atomic mass is 16.4. The molecule has 2 rings (SSSR count). The summed E-state index contributed by atoms with van der Waals surface area (Å²) in [5.74, 6) is 0. The van der Waals surface area contributed by atoms with Crippen molar-refractivity contribution in [1.82, 2.24) is 5.32 Å². The maximum Gasteiger partial charge on any atom is 0.336 e. The number of fused-ring (bicyclic) bond motifs is 1. The van der Waals surface area contributed by atoms with Crippen molar-refractivity contribution < 1.29 is 4.42 Å². The minimum Gasteiger partial charge on any atom is -0.423 e. The van der Waals surface area contributed by atoms with Crippen LogP contribution in [0.4, 0.5) is 0 Å². The van der Waals surface area contributed by atoms with E-state index < -0.39 is 0 Å². The molecule has 3 heteroatoms. The van der Waals surface area contributed by atoms with E-state index in [-0.39, 0.29) is 11.7 Å². The van der Waals surface area contributed by atoms with Crippen LogP contribution in [0.3, 0.4) is 0 Å². The Bertz CT molecular complexity index is 586. The third-order valence-electron chi connectivity index (χ3n) is 2.99. The first-order valence-electron chi connectivity index (χ1n) is 5.89. The fraction of sp³-hybridized carbons (Fsp3) is 0.357. The van der Waals surface area contributed by atoms with Gasteiger partial charge < -0.3 is 9.73 Å². The lowest BCUT2D eigenvalue weighted by molar-refractivity contribution is 0.555. The maximum absolute atomic E-state index is 11.3. The first-order chi connectivity index (χ1) is 8.11. The van der Waals surface area contributed by atoms with Gasteiger partial charge in [0.1, 0.15) is 5.58 Å². The van der Waals surface area contributed by atoms with E-state index in [2.05, 4.69) is 25.2 Å². The van der Waals surface area contributed by atoms with Gasteiger partial charge in [0, 0.05) is 17.5 Å². The monoisotopic (exact) mass is 231 g/mol. The molecule has 0 aliphatic carbocycles. The lowest BCUT2D eigenvalue weighted by atomic mass is 10.0. The lowest BCUT2D eigenvalue weighted by Gasteiger charge is -2.13. The summed E-state index contributed by atoms with van der Waals surface area (Å²) in [6.07, 6.45) is 0. The van der Waals surface area contributed by atoms with Gasteiger partial charge in [0.15, 0.2) is 0 Å². The summed E-state index contributed by atoms with van der Waals surface area (Å²) in [7, 11) is 0. The highest BCUT2D eigenvalue weighted by molar-refractivity contribution is 5.80. The van der Waals surface area contributed by atoms with Crippen LogP contribution < -0.4 is 10.9 Å². The van der Waals surface area contributed by atoms with Crippen LogP contribution >= 0.6 is 0 Å². The molecule has 0 saturated carbocycles. The fourth-order valence-electron chi connectivity index (χ4n) is 2.03. The second-order valence-corrected chi connectivity index (χ2v) is 4.28. The first kappa shape index (κ1) is 11.9. The van der Waals surface area contributed by atoms with E-state index in [0.29, 0.717) is 5.58 Å². The van der Waals surface area contributed by atoms with Crippen molar-refractivity contribution in [1.29, 1.82) is 0 Å². The van der Waals surface area contributed by atoms with Gasteiger partial charge in [-0.05, 0) is 37.6 Å². The summed E-state index contributed by atoms with van der Waals surface area (Å²) >= 11 is 0. The van der Waals surface area contributed by atoms with Crippen LogP contribution in [0.5, 0.6) is 0 Å². The van der Waals surface area contributed by atoms with Crippen LogP contribution in [0.15, 0.2) is 33.5 Å². The van der Waals surface area contributed by atoms with Gasteiger partial charge in [-0.25, -0.2) is 4.79 Å². The molecule has 90 valence electrons. The van der Waals surface area contributed by atoms with E-state index in [0.717, 1.165) is 23.1 Å². The van der Waals surface area contributed by atoms with Gasteiger partial charge in [0.25, 0.3) is 0 Å². The van der Waals surface area contributed by atoms with E-state index in [4.69, 9.17) is 4.42 Å². The molecule has 1 aromatic heterocycles. The van der Waals surface area contributed by atoms with Gasteiger partial charge in [-0.1, -0.05) is 19.1 Å². The molecular formula is C14H17NO2. The molecule has 0 fully saturated rings. The molecule has 2 aromatic rings. The van der Waals surface area contributed by atoms with Crippen LogP contribution in [0.25, 0.3) is 11.0 Å². The van der Waals surface area contributed by atoms with Crippen LogP contribution in [-0.2, 0) is 0 Å². The fourth-order valence-corrected chi connectivity index (χ4v) is 2.03. The normalized spacial score (nSPS) is 12.9. The molecule has 17 heavy (non-hydrogen) atoms. The third kappa shape index (κ3) is 2.39. The Morgan fingerprint density at radius 1 is 1.35 bits per heavy atom. The molecule has 1 aromatic carbocycles. The third-order valence-corrected chi connectivity index (χ3v) is 2.99. The highest BCUT2D eigenvalue weighted by Gasteiger charge is 2.07. The minimum absolute atomic E-state index is 0.259. The topological polar surface area (TPSA) is 42.2 Å². The Labute approximate surface area is 100 Å². The van der Waals surface area contributed by atoms with Gasteiger partial charge in [-0.3, -0.25) is 0 Å². The Morgan fingerprint density at radius 2 is 2.12 bits per heavy atom. The standard InChI is InChI=1S/C14H17NO2/c1-4-15-10(3)11-5-6-12-9(2)7-14(16)17-13(12)8-11/h5-8,10,15H,4H2,1-3H3. The lowest BCUT2D eigenvalue weighted by Crippen LogP contribution is -2.17. The number of hydrogen-bond donors (Lipinski definition) is 1. The molecule has 0 spiro atoms. The molecule has 1 N–H and O–H groups in total. The molecule has 0 aliphatic rings. The molecule has 0 aliphatic heterocycles. The molecule has 0 radical (unpaired) electrons. The van der Waals surface area contributed by atoms with E-state index in [1.165, 1.54) is 6.07 Å². The van der Waals surface area contributed by atoms with Crippen LogP contribution in [0.1, 0.15) is 31.0 Å². The zero-order valence-electron chi connectivity index (χ0n) is 10.4. The number of rotatable bonds is 3. The number of aryl methyl sites for hydroxylation is 1. The van der Waals surface area contributed by atoms with Crippen molar-refractivity contribution in [3.05, 3.63) is 45.8 Å². The van der Waals surface area contributed by atoms with Gasteiger partial charge in [0.05, 0.1) is 0 Å². The Morgan fingerprint density at radius 3 is 2.82 bits per heavy atom. The maximum atomic E-state index is 11.3. The van der Waals surface area contributed by atoms with Crippen LogP contribution in [-0.4, -0.2) is 6.54 Å². The Hall–Kier alpha value is -1.61. The van der Waals surface area contributed by atoms with Crippen molar-refractivity contribution in [2.24, 2.45) is 0 Å². The number of hydrogen-bond acceptors (Lipinski definition) is 3. The highest BCUT2D eigenvalue weighted by Crippen LogP contribution is 2.21. The first-order valence-corrected chi connectivity index (χ1v) is 5.89. The molecule has 0 saturated heterocycles. The van der Waals surface area contributed by atoms with Crippen LogP contribution in [0, 0.1) is 6.92 Å². The minimum atomic E-state index is -0.289. The van der Waals surface area contributed by atoms with Crippen LogP contribution in [0.2, 0.25) is 0 Å². The molecule has 1 heterocycles. The smallest absolute Gasteiger partial charge is 0.336 e. The molecule has 0 bridgehead atoms. The molecule has 3 nitrogen and oxygen atoms in total. The van der Waals surface area contributed by atoms with Gasteiger partial charge in [-0.2, -0.15) is 0 Å². The number of benzene rings is 1. The van der Waals surface area contributed by atoms with E-state index >= 15 is 0 Å². The second-order valence-electron chi connectivity index (χ2n) is 4.28. The average molecular weight is 231 g/mol. The summed E-state index contributed by atoms with van der Waals surface area (Å²) in [6.45, 7) is 7.00.